The Bertz CT molecular complexity index is 672. The first-order valence-electron chi connectivity index (χ1n) is 10.4. The van der Waals surface area contributed by atoms with Crippen molar-refractivity contribution in [1.82, 2.24) is 10.2 Å². The lowest BCUT2D eigenvalue weighted by molar-refractivity contribution is 0.181. The third-order valence-corrected chi connectivity index (χ3v) is 5.34. The summed E-state index contributed by atoms with van der Waals surface area (Å²) in [6.45, 7) is 6.55. The molecule has 4 heteroatoms. The Morgan fingerprint density at radius 3 is 2.29 bits per heavy atom. The lowest BCUT2D eigenvalue weighted by Gasteiger charge is -2.25. The van der Waals surface area contributed by atoms with Crippen molar-refractivity contribution in [2.45, 2.75) is 25.7 Å². The maximum Gasteiger partial charge on any atom is 0.193 e. The average Bonchev–Trinajstić information content (AvgIpc) is 3.24. The average molecular weight is 380 g/mol. The molecular formula is C24H33N3O. The van der Waals surface area contributed by atoms with Gasteiger partial charge in [0.15, 0.2) is 5.96 Å². The van der Waals surface area contributed by atoms with Crippen molar-refractivity contribution in [2.24, 2.45) is 10.9 Å². The molecule has 0 amide bonds. The molecule has 1 N–H and O–H groups in total. The summed E-state index contributed by atoms with van der Waals surface area (Å²) in [7, 11) is 2.13. The number of ether oxygens (including phenoxy) is 1. The first kappa shape index (κ1) is 20.4. The number of nitrogens with zero attached hydrogens (tertiary/aromatic N) is 2. The van der Waals surface area contributed by atoms with E-state index >= 15 is 0 Å². The summed E-state index contributed by atoms with van der Waals surface area (Å²) >= 11 is 0. The Labute approximate surface area is 169 Å². The van der Waals surface area contributed by atoms with E-state index in [4.69, 9.17) is 9.73 Å². The smallest absolute Gasteiger partial charge is 0.193 e. The van der Waals surface area contributed by atoms with Gasteiger partial charge in [-0.25, -0.2) is 0 Å². The van der Waals surface area contributed by atoms with Crippen molar-refractivity contribution >= 4 is 5.96 Å². The predicted molar refractivity (Wildman–Crippen MR) is 117 cm³/mol. The molecule has 1 heterocycles. The van der Waals surface area contributed by atoms with Crippen molar-refractivity contribution < 1.29 is 4.74 Å². The summed E-state index contributed by atoms with van der Waals surface area (Å²) in [5.74, 6) is 1.96. The normalized spacial score (nSPS) is 17.1. The van der Waals surface area contributed by atoms with Crippen LogP contribution in [0.15, 0.2) is 65.7 Å². The molecule has 3 rings (SSSR count). The molecule has 1 fully saturated rings. The summed E-state index contributed by atoms with van der Waals surface area (Å²) < 4.78 is 5.52. The van der Waals surface area contributed by atoms with Gasteiger partial charge in [0.05, 0.1) is 6.61 Å². The van der Waals surface area contributed by atoms with Crippen LogP contribution in [0.1, 0.15) is 36.8 Å². The molecule has 0 bridgehead atoms. The van der Waals surface area contributed by atoms with Gasteiger partial charge in [-0.1, -0.05) is 60.7 Å². The molecule has 0 spiro atoms. The van der Waals surface area contributed by atoms with Gasteiger partial charge < -0.3 is 15.0 Å². The van der Waals surface area contributed by atoms with Gasteiger partial charge in [-0.3, -0.25) is 4.99 Å². The highest BCUT2D eigenvalue weighted by Crippen LogP contribution is 2.27. The highest BCUT2D eigenvalue weighted by atomic mass is 16.5. The van der Waals surface area contributed by atoms with Crippen LogP contribution in [-0.2, 0) is 4.74 Å². The number of benzene rings is 2. The van der Waals surface area contributed by atoms with Crippen LogP contribution in [0.3, 0.4) is 0 Å². The lowest BCUT2D eigenvalue weighted by Crippen LogP contribution is -2.41. The molecule has 0 saturated carbocycles. The van der Waals surface area contributed by atoms with E-state index in [1.165, 1.54) is 11.1 Å². The summed E-state index contributed by atoms with van der Waals surface area (Å²) in [5.41, 5.74) is 2.70. The van der Waals surface area contributed by atoms with Gasteiger partial charge in [-0.2, -0.15) is 0 Å². The first-order chi connectivity index (χ1) is 13.8. The highest BCUT2D eigenvalue weighted by molar-refractivity contribution is 5.79. The second kappa shape index (κ2) is 10.9. The number of aliphatic imine (C=N–C) groups is 1. The predicted octanol–water partition coefficient (Wildman–Crippen LogP) is 4.14. The van der Waals surface area contributed by atoms with Gasteiger partial charge in [0.25, 0.3) is 0 Å². The number of guanidine groups is 1. The van der Waals surface area contributed by atoms with E-state index in [-0.39, 0.29) is 0 Å². The second-order valence-electron chi connectivity index (χ2n) is 7.51. The Morgan fingerprint density at radius 2 is 1.75 bits per heavy atom. The van der Waals surface area contributed by atoms with Crippen LogP contribution in [0.2, 0.25) is 0 Å². The molecule has 2 aromatic carbocycles. The SMILES string of the molecule is CCNC(=NCCC(c1ccccc1)c1ccccc1)N(C)CC1CCOC1. The maximum atomic E-state index is 5.52. The summed E-state index contributed by atoms with van der Waals surface area (Å²) in [6, 6.07) is 21.5. The topological polar surface area (TPSA) is 36.9 Å². The van der Waals surface area contributed by atoms with Crippen LogP contribution < -0.4 is 5.32 Å². The van der Waals surface area contributed by atoms with Crippen LogP contribution in [0.5, 0.6) is 0 Å². The fourth-order valence-corrected chi connectivity index (χ4v) is 3.87. The number of hydrogen-bond acceptors (Lipinski definition) is 2. The minimum Gasteiger partial charge on any atom is -0.381 e. The monoisotopic (exact) mass is 379 g/mol. The molecule has 28 heavy (non-hydrogen) atoms. The van der Waals surface area contributed by atoms with E-state index < -0.39 is 0 Å². The molecule has 150 valence electrons. The summed E-state index contributed by atoms with van der Waals surface area (Å²) in [6.07, 6.45) is 2.14. The highest BCUT2D eigenvalue weighted by Gasteiger charge is 2.19. The molecule has 2 aromatic rings. The Balaban J connectivity index is 1.68. The fourth-order valence-electron chi connectivity index (χ4n) is 3.87. The van der Waals surface area contributed by atoms with Gasteiger partial charge in [-0.15, -0.1) is 0 Å². The molecule has 0 aliphatic carbocycles. The van der Waals surface area contributed by atoms with Crippen LogP contribution in [-0.4, -0.2) is 50.8 Å². The zero-order valence-electron chi connectivity index (χ0n) is 17.2. The van der Waals surface area contributed by atoms with Crippen LogP contribution in [0, 0.1) is 5.92 Å². The van der Waals surface area contributed by atoms with E-state index in [0.717, 1.165) is 51.6 Å². The van der Waals surface area contributed by atoms with Crippen molar-refractivity contribution in [2.75, 3.05) is 39.9 Å². The van der Waals surface area contributed by atoms with Crippen molar-refractivity contribution in [3.05, 3.63) is 71.8 Å². The zero-order valence-corrected chi connectivity index (χ0v) is 17.2. The standard InChI is InChI=1S/C24H33N3O/c1-3-25-24(27(2)18-20-15-17-28-19-20)26-16-14-23(21-10-6-4-7-11-21)22-12-8-5-9-13-22/h4-13,20,23H,3,14-19H2,1-2H3,(H,25,26). The first-order valence-corrected chi connectivity index (χ1v) is 10.4. The Hall–Kier alpha value is -2.33. The van der Waals surface area contributed by atoms with Gasteiger partial charge in [-0.05, 0) is 30.9 Å². The minimum atomic E-state index is 0.363. The number of nitrogens with one attached hydrogen (secondary N) is 1. The fraction of sp³-hybridized carbons (Fsp3) is 0.458. The third-order valence-electron chi connectivity index (χ3n) is 5.34. The lowest BCUT2D eigenvalue weighted by atomic mass is 9.89. The molecule has 1 saturated heterocycles. The van der Waals surface area contributed by atoms with E-state index in [9.17, 15) is 0 Å². The molecule has 0 aromatic heterocycles. The van der Waals surface area contributed by atoms with Gasteiger partial charge in [0.2, 0.25) is 0 Å². The number of hydrogen-bond donors (Lipinski definition) is 1. The summed E-state index contributed by atoms with van der Waals surface area (Å²) in [5, 5.41) is 3.44. The Kier molecular flexibility index (Phi) is 7.92. The maximum absolute atomic E-state index is 5.52. The third kappa shape index (κ3) is 5.83. The zero-order chi connectivity index (χ0) is 19.6. The van der Waals surface area contributed by atoms with Gasteiger partial charge >= 0.3 is 0 Å². The molecule has 1 unspecified atom stereocenters. The van der Waals surface area contributed by atoms with E-state index in [0.29, 0.717) is 11.8 Å². The van der Waals surface area contributed by atoms with Crippen molar-refractivity contribution in [3.8, 4) is 0 Å². The van der Waals surface area contributed by atoms with Gasteiger partial charge in [0.1, 0.15) is 0 Å². The quantitative estimate of drug-likeness (QED) is 0.553. The molecule has 1 atom stereocenters. The van der Waals surface area contributed by atoms with E-state index in [1.807, 2.05) is 0 Å². The molecule has 1 aliphatic heterocycles. The molecule has 1 aliphatic rings. The van der Waals surface area contributed by atoms with Crippen LogP contribution >= 0.6 is 0 Å². The van der Waals surface area contributed by atoms with E-state index in [2.05, 4.69) is 84.9 Å². The number of rotatable bonds is 8. The second-order valence-corrected chi connectivity index (χ2v) is 7.51. The largest absolute Gasteiger partial charge is 0.381 e. The Morgan fingerprint density at radius 1 is 1.11 bits per heavy atom. The van der Waals surface area contributed by atoms with Crippen LogP contribution in [0.25, 0.3) is 0 Å². The minimum absolute atomic E-state index is 0.363. The van der Waals surface area contributed by atoms with Crippen molar-refractivity contribution in [1.29, 1.82) is 0 Å². The van der Waals surface area contributed by atoms with Gasteiger partial charge in [0, 0.05) is 45.1 Å². The van der Waals surface area contributed by atoms with Crippen LogP contribution in [0.4, 0.5) is 0 Å². The molecule has 4 nitrogen and oxygen atoms in total. The van der Waals surface area contributed by atoms with E-state index in [1.54, 1.807) is 0 Å². The van der Waals surface area contributed by atoms with Crippen molar-refractivity contribution in [3.63, 3.8) is 0 Å². The molecule has 0 radical (unpaired) electrons. The molecular weight excluding hydrogens is 346 g/mol. The summed E-state index contributed by atoms with van der Waals surface area (Å²) in [4.78, 5) is 7.19.